The van der Waals surface area contributed by atoms with Gasteiger partial charge >= 0.3 is 5.69 Å². The first kappa shape index (κ1) is 11.7. The first-order valence-corrected chi connectivity index (χ1v) is 5.16. The second-order valence-corrected chi connectivity index (χ2v) is 3.91. The molecule has 17 heavy (non-hydrogen) atoms. The van der Waals surface area contributed by atoms with Crippen molar-refractivity contribution in [3.63, 3.8) is 0 Å². The number of carbonyl (C=O) groups excluding carboxylic acids is 1. The number of ketones is 1. The summed E-state index contributed by atoms with van der Waals surface area (Å²) >= 11 is 0. The third kappa shape index (κ3) is 2.19. The molecule has 0 aliphatic carbocycles. The first-order chi connectivity index (χ1) is 7.99. The lowest BCUT2D eigenvalue weighted by molar-refractivity contribution is -0.129. The molecule has 0 spiro atoms. The fraction of sp³-hybridized carbons (Fsp3) is 0.500. The van der Waals surface area contributed by atoms with Gasteiger partial charge in [-0.15, -0.1) is 0 Å². The van der Waals surface area contributed by atoms with Crippen LogP contribution in [0.2, 0.25) is 0 Å². The second kappa shape index (κ2) is 4.25. The highest BCUT2D eigenvalue weighted by atomic mass is 19.1. The monoisotopic (exact) mass is 242 g/mol. The van der Waals surface area contributed by atoms with E-state index in [1.807, 2.05) is 4.98 Å². The predicted molar refractivity (Wildman–Crippen MR) is 55.1 cm³/mol. The molecule has 0 saturated carbocycles. The maximum Gasteiger partial charge on any atom is 0.330 e. The van der Waals surface area contributed by atoms with Crippen LogP contribution in [0.25, 0.3) is 0 Å². The number of halogens is 1. The molecule has 0 aromatic carbocycles. The summed E-state index contributed by atoms with van der Waals surface area (Å²) in [6.07, 6.45) is 0.432. The Morgan fingerprint density at radius 2 is 2.24 bits per heavy atom. The highest BCUT2D eigenvalue weighted by molar-refractivity contribution is 5.80. The highest BCUT2D eigenvalue weighted by Crippen LogP contribution is 2.27. The number of Topliss-reactive ketones (excluding diaryl/α,β-unsaturated/α-hetero) is 1. The number of aromatic amines is 1. The zero-order valence-corrected chi connectivity index (χ0v) is 9.10. The van der Waals surface area contributed by atoms with E-state index in [2.05, 4.69) is 0 Å². The zero-order chi connectivity index (χ0) is 12.6. The van der Waals surface area contributed by atoms with Gasteiger partial charge in [0.05, 0.1) is 6.20 Å². The summed E-state index contributed by atoms with van der Waals surface area (Å²) in [6, 6.07) is 0. The van der Waals surface area contributed by atoms with Crippen LogP contribution in [0, 0.1) is 5.82 Å². The molecule has 1 aromatic heterocycles. The molecule has 0 bridgehead atoms. The van der Waals surface area contributed by atoms with Crippen molar-refractivity contribution in [2.75, 3.05) is 0 Å². The van der Waals surface area contributed by atoms with Gasteiger partial charge in [0.1, 0.15) is 12.3 Å². The van der Waals surface area contributed by atoms with E-state index in [0.717, 1.165) is 10.8 Å². The van der Waals surface area contributed by atoms with Gasteiger partial charge in [-0.1, -0.05) is 0 Å². The maximum absolute atomic E-state index is 13.0. The van der Waals surface area contributed by atoms with E-state index < -0.39 is 29.4 Å². The van der Waals surface area contributed by atoms with Crippen molar-refractivity contribution in [1.82, 2.24) is 9.55 Å². The average Bonchev–Trinajstić information content (AvgIpc) is 2.72. The summed E-state index contributed by atoms with van der Waals surface area (Å²) < 4.78 is 19.3. The van der Waals surface area contributed by atoms with Crippen LogP contribution in [0.3, 0.4) is 0 Å². The second-order valence-electron chi connectivity index (χ2n) is 3.91. The number of nitrogens with one attached hydrogen (secondary N) is 1. The number of hydrogen-bond acceptors (Lipinski definition) is 4. The summed E-state index contributed by atoms with van der Waals surface area (Å²) in [5, 5.41) is 0. The Kier molecular flexibility index (Phi) is 2.93. The third-order valence-electron chi connectivity index (χ3n) is 2.69. The average molecular weight is 242 g/mol. The number of ether oxygens (including phenoxy) is 1. The van der Waals surface area contributed by atoms with E-state index in [9.17, 15) is 18.8 Å². The Morgan fingerprint density at radius 1 is 1.53 bits per heavy atom. The van der Waals surface area contributed by atoms with Gasteiger partial charge in [0.25, 0.3) is 5.56 Å². The van der Waals surface area contributed by atoms with Crippen LogP contribution in [0.4, 0.5) is 4.39 Å². The summed E-state index contributed by atoms with van der Waals surface area (Å²) in [5.74, 6) is -1.19. The minimum atomic E-state index is -1.06. The van der Waals surface area contributed by atoms with Crippen LogP contribution in [0.5, 0.6) is 0 Å². The predicted octanol–water partition coefficient (Wildman–Crippen LogP) is -0.0577. The van der Waals surface area contributed by atoms with Crippen LogP contribution in [0.1, 0.15) is 26.0 Å². The molecule has 1 fully saturated rings. The Labute approximate surface area is 95.0 Å². The lowest BCUT2D eigenvalue weighted by Gasteiger charge is -2.14. The summed E-state index contributed by atoms with van der Waals surface area (Å²) in [7, 11) is 0. The van der Waals surface area contributed by atoms with Gasteiger partial charge in [0.15, 0.2) is 5.78 Å². The fourth-order valence-electron chi connectivity index (χ4n) is 1.80. The summed E-state index contributed by atoms with van der Waals surface area (Å²) in [5.41, 5.74) is -1.81. The van der Waals surface area contributed by atoms with E-state index >= 15 is 0 Å². The van der Waals surface area contributed by atoms with Crippen molar-refractivity contribution in [2.45, 2.75) is 32.1 Å². The molecule has 1 aliphatic heterocycles. The van der Waals surface area contributed by atoms with Gasteiger partial charge in [0.2, 0.25) is 5.82 Å². The van der Waals surface area contributed by atoms with Gasteiger partial charge in [-0.25, -0.2) is 4.79 Å². The molecule has 2 heterocycles. The molecule has 2 unspecified atom stereocenters. The Bertz CT molecular complexity index is 562. The molecule has 2 rings (SSSR count). The number of aromatic nitrogens is 2. The van der Waals surface area contributed by atoms with E-state index in [-0.39, 0.29) is 5.78 Å². The molecule has 92 valence electrons. The van der Waals surface area contributed by atoms with Crippen molar-refractivity contribution in [3.8, 4) is 0 Å². The maximum atomic E-state index is 13.0. The van der Waals surface area contributed by atoms with E-state index in [0.29, 0.717) is 12.8 Å². The highest BCUT2D eigenvalue weighted by Gasteiger charge is 2.30. The number of rotatable bonds is 2. The van der Waals surface area contributed by atoms with Gasteiger partial charge in [-0.3, -0.25) is 19.1 Å². The molecule has 2 atom stereocenters. The Morgan fingerprint density at radius 3 is 2.82 bits per heavy atom. The van der Waals surface area contributed by atoms with Gasteiger partial charge in [-0.05, 0) is 19.8 Å². The van der Waals surface area contributed by atoms with Crippen LogP contribution in [-0.4, -0.2) is 21.4 Å². The Balaban J connectivity index is 2.31. The molecular weight excluding hydrogens is 231 g/mol. The van der Waals surface area contributed by atoms with Crippen LogP contribution >= 0.6 is 0 Å². The first-order valence-electron chi connectivity index (χ1n) is 5.16. The van der Waals surface area contributed by atoms with Crippen LogP contribution < -0.4 is 11.2 Å². The molecule has 7 heteroatoms. The fourth-order valence-corrected chi connectivity index (χ4v) is 1.80. The number of hydrogen-bond donors (Lipinski definition) is 1. The minimum Gasteiger partial charge on any atom is -0.347 e. The molecule has 1 N–H and O–H groups in total. The lowest BCUT2D eigenvalue weighted by atomic mass is 10.2. The van der Waals surface area contributed by atoms with Crippen molar-refractivity contribution in [3.05, 3.63) is 32.9 Å². The largest absolute Gasteiger partial charge is 0.347 e. The topological polar surface area (TPSA) is 81.2 Å². The Hall–Kier alpha value is -1.76. The van der Waals surface area contributed by atoms with Crippen molar-refractivity contribution in [1.29, 1.82) is 0 Å². The van der Waals surface area contributed by atoms with Gasteiger partial charge in [-0.2, -0.15) is 4.39 Å². The SMILES string of the molecule is CC(=O)C1CCC(n2cc(F)c(=O)[nH]c2=O)O1. The molecule has 1 aliphatic rings. The normalized spacial score (nSPS) is 23.9. The zero-order valence-electron chi connectivity index (χ0n) is 9.10. The number of carbonyl (C=O) groups is 1. The minimum absolute atomic E-state index is 0.134. The summed E-state index contributed by atoms with van der Waals surface area (Å²) in [6.45, 7) is 1.39. The van der Waals surface area contributed by atoms with Gasteiger partial charge < -0.3 is 4.74 Å². The molecule has 1 aromatic rings. The molecule has 0 amide bonds. The molecular formula is C10H11FN2O4. The lowest BCUT2D eigenvalue weighted by Crippen LogP contribution is -2.34. The number of H-pyrrole nitrogens is 1. The smallest absolute Gasteiger partial charge is 0.330 e. The molecule has 6 nitrogen and oxygen atoms in total. The van der Waals surface area contributed by atoms with Crippen molar-refractivity contribution in [2.24, 2.45) is 0 Å². The van der Waals surface area contributed by atoms with Crippen LogP contribution in [0.15, 0.2) is 15.8 Å². The summed E-state index contributed by atoms with van der Waals surface area (Å²) in [4.78, 5) is 35.2. The van der Waals surface area contributed by atoms with Gasteiger partial charge in [0, 0.05) is 0 Å². The van der Waals surface area contributed by atoms with E-state index in [1.54, 1.807) is 0 Å². The van der Waals surface area contributed by atoms with E-state index in [1.165, 1.54) is 6.92 Å². The third-order valence-corrected chi connectivity index (χ3v) is 2.69. The quantitative estimate of drug-likeness (QED) is 0.787. The molecule has 0 radical (unpaired) electrons. The van der Waals surface area contributed by atoms with Crippen LogP contribution in [-0.2, 0) is 9.53 Å². The van der Waals surface area contributed by atoms with E-state index in [4.69, 9.17) is 4.74 Å². The van der Waals surface area contributed by atoms with Crippen molar-refractivity contribution < 1.29 is 13.9 Å². The van der Waals surface area contributed by atoms with Crippen molar-refractivity contribution >= 4 is 5.78 Å². The molecule has 1 saturated heterocycles. The standard InChI is InChI=1S/C10H11FN2O4/c1-5(14)7-2-3-8(17-7)13-4-6(11)9(15)12-10(13)16/h4,7-8H,2-3H2,1H3,(H,12,15,16). The number of nitrogens with zero attached hydrogens (tertiary/aromatic N) is 1.